The van der Waals surface area contributed by atoms with Crippen LogP contribution in [0.15, 0.2) is 42.9 Å². The Morgan fingerprint density at radius 2 is 1.57 bits per heavy atom. The Labute approximate surface area is 289 Å². The van der Waals surface area contributed by atoms with Crippen LogP contribution in [-0.4, -0.2) is 86.4 Å². The number of nitrogens with zero attached hydrogens (tertiary/aromatic N) is 3. The van der Waals surface area contributed by atoms with E-state index in [0.717, 1.165) is 38.5 Å². The zero-order valence-electron chi connectivity index (χ0n) is 29.2. The number of hydrogen-bond acceptors (Lipinski definition) is 7. The van der Waals surface area contributed by atoms with Gasteiger partial charge in [0.25, 0.3) is 0 Å². The highest BCUT2D eigenvalue weighted by Crippen LogP contribution is 2.18. The molecule has 1 fully saturated rings. The van der Waals surface area contributed by atoms with Crippen LogP contribution in [0.3, 0.4) is 0 Å². The summed E-state index contributed by atoms with van der Waals surface area (Å²) in [4.78, 5) is 70.1. The van der Waals surface area contributed by atoms with Gasteiger partial charge in [-0.2, -0.15) is 0 Å². The number of rotatable bonds is 21. The van der Waals surface area contributed by atoms with Crippen molar-refractivity contribution in [2.75, 3.05) is 13.2 Å². The molecule has 6 N–H and O–H groups in total. The average Bonchev–Trinajstić information content (AvgIpc) is 3.74. The Morgan fingerprint density at radius 1 is 0.918 bits per heavy atom. The molecule has 2 aromatic rings. The molecule has 4 atom stereocenters. The number of nitrogens with one attached hydrogen (secondary N) is 3. The average molecular weight is 682 g/mol. The molecule has 0 aliphatic carbocycles. The van der Waals surface area contributed by atoms with Gasteiger partial charge in [-0.05, 0) is 50.0 Å². The lowest BCUT2D eigenvalue weighted by molar-refractivity contribution is -0.138. The Kier molecular flexibility index (Phi) is 16.2. The number of amides is 5. The predicted molar refractivity (Wildman–Crippen MR) is 186 cm³/mol. The van der Waals surface area contributed by atoms with E-state index in [1.54, 1.807) is 12.5 Å². The van der Waals surface area contributed by atoms with E-state index in [4.69, 9.17) is 5.73 Å². The topological polar surface area (TPSA) is 189 Å². The lowest BCUT2D eigenvalue weighted by Crippen LogP contribution is -2.59. The van der Waals surface area contributed by atoms with Gasteiger partial charge in [-0.3, -0.25) is 24.0 Å². The zero-order valence-corrected chi connectivity index (χ0v) is 29.2. The van der Waals surface area contributed by atoms with Gasteiger partial charge in [0.2, 0.25) is 29.5 Å². The second-order valence-electron chi connectivity index (χ2n) is 13.4. The number of aliphatic hydroxyl groups excluding tert-OH is 1. The van der Waals surface area contributed by atoms with Crippen LogP contribution in [0.5, 0.6) is 0 Å². The normalized spacial score (nSPS) is 16.2. The number of aromatic nitrogens is 2. The minimum Gasteiger partial charge on any atom is -0.394 e. The van der Waals surface area contributed by atoms with Gasteiger partial charge in [0.05, 0.1) is 12.9 Å². The highest BCUT2D eigenvalue weighted by Gasteiger charge is 2.36. The molecule has 1 aliphatic rings. The largest absolute Gasteiger partial charge is 0.394 e. The molecule has 0 spiro atoms. The number of nitrogens with two attached hydrogens (primary N) is 1. The molecule has 3 rings (SSSR count). The fourth-order valence-corrected chi connectivity index (χ4v) is 6.24. The molecule has 270 valence electrons. The Hall–Kier alpha value is -4.26. The third-order valence-corrected chi connectivity index (χ3v) is 8.94. The molecule has 13 nitrogen and oxygen atoms in total. The fourth-order valence-electron chi connectivity index (χ4n) is 6.24. The van der Waals surface area contributed by atoms with E-state index >= 15 is 0 Å². The molecule has 1 aromatic heterocycles. The van der Waals surface area contributed by atoms with E-state index in [1.807, 2.05) is 24.5 Å². The first kappa shape index (κ1) is 39.2. The third kappa shape index (κ3) is 12.9. The highest BCUT2D eigenvalue weighted by molar-refractivity contribution is 5.95. The Morgan fingerprint density at radius 3 is 2.22 bits per heavy atom. The smallest absolute Gasteiger partial charge is 0.243 e. The van der Waals surface area contributed by atoms with Crippen molar-refractivity contribution in [1.29, 1.82) is 0 Å². The number of carbonyl (C=O) groups excluding carboxylic acids is 5. The second-order valence-corrected chi connectivity index (χ2v) is 13.4. The fraction of sp³-hybridized carbons (Fsp3) is 0.611. The number of carbonyl (C=O) groups is 5. The first-order valence-corrected chi connectivity index (χ1v) is 17.6. The maximum Gasteiger partial charge on any atom is 0.243 e. The molecule has 13 heteroatoms. The third-order valence-electron chi connectivity index (χ3n) is 8.94. The van der Waals surface area contributed by atoms with Gasteiger partial charge in [-0.15, -0.1) is 0 Å². The summed E-state index contributed by atoms with van der Waals surface area (Å²) in [6.45, 7) is 5.70. The van der Waals surface area contributed by atoms with Gasteiger partial charge in [-0.1, -0.05) is 69.9 Å². The molecule has 1 aliphatic heterocycles. The number of aliphatic hydroxyl groups is 1. The van der Waals surface area contributed by atoms with Gasteiger partial charge in [0.15, 0.2) is 0 Å². The summed E-state index contributed by atoms with van der Waals surface area (Å²) in [5.74, 6) is -2.80. The van der Waals surface area contributed by atoms with Crippen molar-refractivity contribution in [3.63, 3.8) is 0 Å². The molecular formula is C36H55N7O6. The summed E-state index contributed by atoms with van der Waals surface area (Å²) >= 11 is 0. The summed E-state index contributed by atoms with van der Waals surface area (Å²) in [5.41, 5.74) is 7.42. The maximum absolute atomic E-state index is 13.7. The van der Waals surface area contributed by atoms with E-state index in [-0.39, 0.29) is 18.2 Å². The molecule has 2 heterocycles. The first-order valence-electron chi connectivity index (χ1n) is 17.6. The molecule has 0 bridgehead atoms. The molecule has 0 saturated carbocycles. The van der Waals surface area contributed by atoms with Crippen LogP contribution in [0.2, 0.25) is 0 Å². The van der Waals surface area contributed by atoms with Crippen molar-refractivity contribution in [2.24, 2.45) is 11.7 Å². The van der Waals surface area contributed by atoms with Crippen molar-refractivity contribution in [2.45, 2.75) is 122 Å². The van der Waals surface area contributed by atoms with Crippen molar-refractivity contribution in [1.82, 2.24) is 30.4 Å². The molecule has 1 aromatic carbocycles. The number of aryl methyl sites for hydroxylation is 2. The van der Waals surface area contributed by atoms with Crippen molar-refractivity contribution < 1.29 is 29.1 Å². The number of imidazole rings is 1. The first-order chi connectivity index (χ1) is 23.5. The minimum atomic E-state index is -1.34. The van der Waals surface area contributed by atoms with Gasteiger partial charge in [-0.25, -0.2) is 4.98 Å². The number of benzene rings is 1. The van der Waals surface area contributed by atoms with Crippen molar-refractivity contribution in [3.8, 4) is 0 Å². The number of primary amides is 1. The lowest BCUT2D eigenvalue weighted by Gasteiger charge is -2.28. The molecule has 4 unspecified atom stereocenters. The van der Waals surface area contributed by atoms with E-state index < -0.39 is 54.4 Å². The Bertz CT molecular complexity index is 1360. The van der Waals surface area contributed by atoms with Crippen LogP contribution in [0, 0.1) is 5.92 Å². The summed E-state index contributed by atoms with van der Waals surface area (Å²) in [5, 5.41) is 17.6. The second kappa shape index (κ2) is 20.3. The summed E-state index contributed by atoms with van der Waals surface area (Å²) < 4.78 is 1.95. The van der Waals surface area contributed by atoms with Crippen molar-refractivity contribution in [3.05, 3.63) is 54.1 Å². The van der Waals surface area contributed by atoms with E-state index in [0.29, 0.717) is 38.0 Å². The van der Waals surface area contributed by atoms with Crippen LogP contribution in [0.1, 0.15) is 89.8 Å². The van der Waals surface area contributed by atoms with Gasteiger partial charge in [0.1, 0.15) is 24.2 Å². The number of hydrogen-bond donors (Lipinski definition) is 5. The van der Waals surface area contributed by atoms with E-state index in [9.17, 15) is 29.1 Å². The van der Waals surface area contributed by atoms with Crippen LogP contribution < -0.4 is 21.7 Å². The van der Waals surface area contributed by atoms with Gasteiger partial charge < -0.3 is 36.3 Å². The summed E-state index contributed by atoms with van der Waals surface area (Å²) in [6, 6.07) is 6.36. The minimum absolute atomic E-state index is 0.0229. The maximum atomic E-state index is 13.7. The van der Waals surface area contributed by atoms with Gasteiger partial charge in [0, 0.05) is 38.3 Å². The number of likely N-dealkylation sites (tertiary alicyclic amines) is 1. The van der Waals surface area contributed by atoms with E-state index in [2.05, 4.69) is 45.2 Å². The monoisotopic (exact) mass is 681 g/mol. The standard InChI is InChI=1S/C36H55N7O6/c1-25(2)20-29(40-36(49)32-17-13-19-43(32)26(3)45)34(47)39-30(35(48)41-31(23-44)33(37)46)21-28-22-38-24-42(28)18-12-7-5-4-6-9-14-27-15-10-8-11-16-27/h8,10-11,15-16,22,24-25,29-32,44H,4-7,9,12-14,17-21,23H2,1-3H3,(H2,37,46)(H,39,47)(H,40,49)(H,41,48). The van der Waals surface area contributed by atoms with Crippen LogP contribution in [0.25, 0.3) is 0 Å². The highest BCUT2D eigenvalue weighted by atomic mass is 16.3. The summed E-state index contributed by atoms with van der Waals surface area (Å²) in [7, 11) is 0. The van der Waals surface area contributed by atoms with Crippen LogP contribution >= 0.6 is 0 Å². The number of unbranched alkanes of at least 4 members (excludes halogenated alkanes) is 5. The molecule has 49 heavy (non-hydrogen) atoms. The molecular weight excluding hydrogens is 626 g/mol. The molecule has 5 amide bonds. The quantitative estimate of drug-likeness (QED) is 0.125. The SMILES string of the molecule is CC(=O)N1CCCC1C(=O)NC(CC(C)C)C(=O)NC(Cc1cncn1CCCCCCCCc1ccccc1)C(=O)NC(CO)C(N)=O. The Balaban J connectivity index is 1.63. The molecule has 1 saturated heterocycles. The molecule has 0 radical (unpaired) electrons. The van der Waals surface area contributed by atoms with Gasteiger partial charge >= 0.3 is 0 Å². The van der Waals surface area contributed by atoms with Crippen LogP contribution in [-0.2, 0) is 43.4 Å². The van der Waals surface area contributed by atoms with E-state index in [1.165, 1.54) is 23.8 Å². The van der Waals surface area contributed by atoms with Crippen molar-refractivity contribution >= 4 is 29.5 Å². The predicted octanol–water partition coefficient (Wildman–Crippen LogP) is 2.00. The zero-order chi connectivity index (χ0) is 35.8. The van der Waals surface area contributed by atoms with Crippen LogP contribution in [0.4, 0.5) is 0 Å². The lowest BCUT2D eigenvalue weighted by atomic mass is 10.0. The summed E-state index contributed by atoms with van der Waals surface area (Å²) in [6.07, 6.45) is 12.5.